The molecule has 2 aromatic heterocycles. The molecule has 2 aliphatic heterocycles. The van der Waals surface area contributed by atoms with Crippen molar-refractivity contribution >= 4 is 35.0 Å². The van der Waals surface area contributed by atoms with Gasteiger partial charge >= 0.3 is 0 Å². The first-order valence-electron chi connectivity index (χ1n) is 17.9. The number of imidazole rings is 1. The molecule has 0 spiro atoms. The number of carbonyl (C=O) groups is 3. The highest BCUT2D eigenvalue weighted by atomic mass is 35.5. The largest absolute Gasteiger partial charge is 0.381 e. The van der Waals surface area contributed by atoms with Crippen LogP contribution in [0.1, 0.15) is 65.2 Å². The summed E-state index contributed by atoms with van der Waals surface area (Å²) in [7, 11) is 5.52. The van der Waals surface area contributed by atoms with Crippen LogP contribution >= 0.6 is 11.6 Å². The quantitative estimate of drug-likeness (QED) is 0.198. The van der Waals surface area contributed by atoms with Crippen LogP contribution < -0.4 is 5.32 Å². The Bertz CT molecular complexity index is 1970. The lowest BCUT2D eigenvalue weighted by Gasteiger charge is -2.36. The molecule has 0 aliphatic carbocycles. The fourth-order valence-corrected chi connectivity index (χ4v) is 7.32. The first kappa shape index (κ1) is 38.1. The van der Waals surface area contributed by atoms with Gasteiger partial charge in [0.1, 0.15) is 0 Å². The SMILES string of the molecule is CCC(CCN(C)C)C(=O)N1CCN(C(=O)c2ccc(NC(=O)c3ncc(-c4ccc(-c5cn[nH]c5C5CCOCC5)c(F)c4F)n3C)cc2Cl)CC1. The van der Waals surface area contributed by atoms with Crippen LogP contribution in [0.25, 0.3) is 22.4 Å². The van der Waals surface area contributed by atoms with Crippen molar-refractivity contribution in [2.24, 2.45) is 13.0 Å². The molecule has 2 aromatic carbocycles. The van der Waals surface area contributed by atoms with E-state index in [1.54, 1.807) is 17.0 Å². The number of halogens is 3. The zero-order valence-corrected chi connectivity index (χ0v) is 31.2. The molecule has 0 saturated carbocycles. The minimum absolute atomic E-state index is 0.0451. The van der Waals surface area contributed by atoms with Crippen molar-refractivity contribution in [2.45, 2.75) is 38.5 Å². The lowest BCUT2D eigenvalue weighted by Crippen LogP contribution is -2.52. The predicted octanol–water partition coefficient (Wildman–Crippen LogP) is 5.82. The Labute approximate surface area is 312 Å². The van der Waals surface area contributed by atoms with Crippen molar-refractivity contribution in [3.05, 3.63) is 76.5 Å². The number of benzene rings is 2. The van der Waals surface area contributed by atoms with Gasteiger partial charge in [-0.1, -0.05) is 24.6 Å². The number of amides is 3. The summed E-state index contributed by atoms with van der Waals surface area (Å²) in [5.74, 6) is -2.83. The van der Waals surface area contributed by atoms with Crippen molar-refractivity contribution in [3.8, 4) is 22.4 Å². The average molecular weight is 751 g/mol. The van der Waals surface area contributed by atoms with Crippen molar-refractivity contribution in [3.63, 3.8) is 0 Å². The van der Waals surface area contributed by atoms with Gasteiger partial charge in [0.25, 0.3) is 11.8 Å². The van der Waals surface area contributed by atoms with E-state index in [-0.39, 0.29) is 56.9 Å². The Balaban J connectivity index is 1.10. The fraction of sp³-hybridized carbons (Fsp3) is 0.447. The highest BCUT2D eigenvalue weighted by molar-refractivity contribution is 6.34. The van der Waals surface area contributed by atoms with Crippen LogP contribution in [-0.2, 0) is 16.6 Å². The van der Waals surface area contributed by atoms with E-state index < -0.39 is 17.5 Å². The summed E-state index contributed by atoms with van der Waals surface area (Å²) >= 11 is 6.55. The Morgan fingerprint density at radius 1 is 1.00 bits per heavy atom. The highest BCUT2D eigenvalue weighted by Crippen LogP contribution is 2.37. The molecular weight excluding hydrogens is 706 g/mol. The van der Waals surface area contributed by atoms with Crippen molar-refractivity contribution in [1.82, 2.24) is 34.4 Å². The van der Waals surface area contributed by atoms with Crippen LogP contribution in [0.4, 0.5) is 14.5 Å². The summed E-state index contributed by atoms with van der Waals surface area (Å²) in [5.41, 5.74) is 2.09. The number of aromatic nitrogens is 4. The molecular formula is C38H45ClF2N8O4. The van der Waals surface area contributed by atoms with Crippen LogP contribution in [0.5, 0.6) is 0 Å². The first-order valence-corrected chi connectivity index (χ1v) is 18.3. The van der Waals surface area contributed by atoms with Gasteiger partial charge in [-0.05, 0) is 70.6 Å². The normalized spacial score (nSPS) is 15.9. The molecule has 282 valence electrons. The van der Waals surface area contributed by atoms with Gasteiger partial charge in [0.05, 0.1) is 28.7 Å². The molecule has 2 saturated heterocycles. The van der Waals surface area contributed by atoms with Gasteiger partial charge in [-0.2, -0.15) is 5.10 Å². The van der Waals surface area contributed by atoms with Crippen LogP contribution in [0.15, 0.2) is 42.7 Å². The number of piperazine rings is 1. The number of rotatable bonds is 11. The minimum atomic E-state index is -1.07. The summed E-state index contributed by atoms with van der Waals surface area (Å²) < 4.78 is 38.1. The molecule has 53 heavy (non-hydrogen) atoms. The van der Waals surface area contributed by atoms with Gasteiger partial charge in [0.15, 0.2) is 17.5 Å². The van der Waals surface area contributed by atoms with E-state index in [2.05, 4.69) is 25.4 Å². The molecule has 4 aromatic rings. The molecule has 15 heteroatoms. The molecule has 1 unspecified atom stereocenters. The Kier molecular flexibility index (Phi) is 11.9. The Morgan fingerprint density at radius 3 is 2.36 bits per heavy atom. The number of aromatic amines is 1. The molecule has 0 radical (unpaired) electrons. The van der Waals surface area contributed by atoms with Crippen molar-refractivity contribution in [2.75, 3.05) is 65.3 Å². The summed E-state index contributed by atoms with van der Waals surface area (Å²) in [4.78, 5) is 49.6. The van der Waals surface area contributed by atoms with Crippen LogP contribution in [0.3, 0.4) is 0 Å². The Hall–Kier alpha value is -4.66. The first-order chi connectivity index (χ1) is 25.5. The van der Waals surface area contributed by atoms with Gasteiger partial charge in [-0.15, -0.1) is 0 Å². The molecule has 2 N–H and O–H groups in total. The number of nitrogens with zero attached hydrogens (tertiary/aromatic N) is 6. The highest BCUT2D eigenvalue weighted by Gasteiger charge is 2.30. The lowest BCUT2D eigenvalue weighted by atomic mass is 9.91. The van der Waals surface area contributed by atoms with Gasteiger partial charge < -0.3 is 29.3 Å². The van der Waals surface area contributed by atoms with E-state index in [0.717, 1.165) is 37.9 Å². The van der Waals surface area contributed by atoms with Gasteiger partial charge in [0.2, 0.25) is 5.91 Å². The third kappa shape index (κ3) is 8.14. The monoisotopic (exact) mass is 750 g/mol. The molecule has 1 atom stereocenters. The zero-order chi connectivity index (χ0) is 37.8. The van der Waals surface area contributed by atoms with E-state index >= 15 is 8.78 Å². The van der Waals surface area contributed by atoms with E-state index in [9.17, 15) is 14.4 Å². The fourth-order valence-electron chi connectivity index (χ4n) is 7.06. The molecule has 2 fully saturated rings. The topological polar surface area (TPSA) is 129 Å². The number of ether oxygens (including phenoxy) is 1. The molecule has 6 rings (SSSR count). The average Bonchev–Trinajstić information content (AvgIpc) is 3.80. The third-order valence-electron chi connectivity index (χ3n) is 10.2. The number of nitrogens with one attached hydrogen (secondary N) is 2. The second-order valence-electron chi connectivity index (χ2n) is 13.9. The van der Waals surface area contributed by atoms with E-state index in [1.807, 2.05) is 25.9 Å². The number of hydrogen-bond acceptors (Lipinski definition) is 7. The van der Waals surface area contributed by atoms with Crippen LogP contribution in [-0.4, -0.2) is 112 Å². The second-order valence-corrected chi connectivity index (χ2v) is 14.3. The smallest absolute Gasteiger partial charge is 0.291 e. The minimum Gasteiger partial charge on any atom is -0.381 e. The number of anilines is 1. The van der Waals surface area contributed by atoms with Gasteiger partial charge in [-0.25, -0.2) is 13.8 Å². The standard InChI is InChI=1S/C38H45ClF2N8O4/c1-5-23(10-13-46(2)3)37(51)48-14-16-49(17-15-48)38(52)27-7-6-25(20-30(27)39)44-36(50)35-42-22-31(47(35)4)28-9-8-26(32(40)33(28)41)29-21-43-45-34(29)24-11-18-53-19-12-24/h6-9,20-24H,5,10-19H2,1-4H3,(H,43,45)(H,44,50). The Morgan fingerprint density at radius 2 is 1.68 bits per heavy atom. The molecule has 0 bridgehead atoms. The summed E-state index contributed by atoms with van der Waals surface area (Å²) in [5, 5.41) is 9.94. The number of H-pyrrole nitrogens is 1. The lowest BCUT2D eigenvalue weighted by molar-refractivity contribution is -0.137. The van der Waals surface area contributed by atoms with E-state index in [4.69, 9.17) is 16.3 Å². The summed E-state index contributed by atoms with van der Waals surface area (Å²) in [6, 6.07) is 7.56. The zero-order valence-electron chi connectivity index (χ0n) is 30.4. The van der Waals surface area contributed by atoms with Gasteiger partial charge in [0, 0.05) is 86.3 Å². The van der Waals surface area contributed by atoms with Gasteiger partial charge in [-0.3, -0.25) is 19.5 Å². The maximum atomic E-state index is 15.7. The van der Waals surface area contributed by atoms with E-state index in [1.165, 1.54) is 42.2 Å². The summed E-state index contributed by atoms with van der Waals surface area (Å²) in [6.07, 6.45) is 5.88. The molecule has 3 amide bonds. The second kappa shape index (κ2) is 16.6. The molecule has 12 nitrogen and oxygen atoms in total. The maximum Gasteiger partial charge on any atom is 0.291 e. The van der Waals surface area contributed by atoms with Crippen LogP contribution in [0.2, 0.25) is 5.02 Å². The summed E-state index contributed by atoms with van der Waals surface area (Å²) in [6.45, 7) is 5.71. The van der Waals surface area contributed by atoms with Crippen molar-refractivity contribution < 1.29 is 27.9 Å². The molecule has 2 aliphatic rings. The number of hydrogen-bond donors (Lipinski definition) is 2. The van der Waals surface area contributed by atoms with E-state index in [0.29, 0.717) is 50.6 Å². The maximum absolute atomic E-state index is 15.7. The predicted molar refractivity (Wildman–Crippen MR) is 198 cm³/mol. The van der Waals surface area contributed by atoms with Crippen LogP contribution in [0, 0.1) is 17.6 Å². The van der Waals surface area contributed by atoms with Crippen molar-refractivity contribution in [1.29, 1.82) is 0 Å². The molecule has 4 heterocycles. The third-order valence-corrected chi connectivity index (χ3v) is 10.6. The number of carbonyl (C=O) groups excluding carboxylic acids is 3.